The molecule has 2 heterocycles. The smallest absolute Gasteiger partial charge is 0.265 e. The molecule has 8 heteroatoms. The lowest BCUT2D eigenvalue weighted by atomic mass is 9.92. The summed E-state index contributed by atoms with van der Waals surface area (Å²) in [6.07, 6.45) is 0. The molecule has 1 amide bonds. The summed E-state index contributed by atoms with van der Waals surface area (Å²) in [4.78, 5) is 14.0. The predicted molar refractivity (Wildman–Crippen MR) is 78.4 cm³/mol. The van der Waals surface area contributed by atoms with E-state index >= 15 is 0 Å². The minimum atomic E-state index is -0.771. The Morgan fingerprint density at radius 1 is 1.52 bits per heavy atom. The van der Waals surface area contributed by atoms with Gasteiger partial charge in [0.15, 0.2) is 0 Å². The highest BCUT2D eigenvalue weighted by Gasteiger charge is 2.42. The number of phenols is 1. The van der Waals surface area contributed by atoms with Gasteiger partial charge >= 0.3 is 0 Å². The number of likely N-dealkylation sites (tertiary alicyclic amines) is 1. The monoisotopic (exact) mass is 330 g/mol. The third-order valence-electron chi connectivity index (χ3n) is 3.48. The van der Waals surface area contributed by atoms with Gasteiger partial charge in [-0.25, -0.2) is 4.39 Å². The molecular weight excluding hydrogens is 319 g/mol. The molecule has 0 spiro atoms. The molecule has 1 saturated heterocycles. The van der Waals surface area contributed by atoms with Gasteiger partial charge in [-0.1, -0.05) is 11.6 Å². The zero-order valence-electron chi connectivity index (χ0n) is 10.8. The van der Waals surface area contributed by atoms with Crippen LogP contribution in [-0.4, -0.2) is 46.3 Å². The number of phenolic OH excluding ortho intramolecular Hbond substituents is 1. The molecule has 0 aliphatic carbocycles. The number of benzene rings is 1. The average Bonchev–Trinajstić information content (AvgIpc) is 2.71. The number of aliphatic hydroxyl groups excluding tert-OH is 1. The maximum atomic E-state index is 13.3. The van der Waals surface area contributed by atoms with E-state index in [0.29, 0.717) is 4.70 Å². The minimum absolute atomic E-state index is 0.107. The third kappa shape index (κ3) is 2.26. The van der Waals surface area contributed by atoms with E-state index in [1.54, 1.807) is 0 Å². The van der Waals surface area contributed by atoms with E-state index < -0.39 is 11.4 Å². The van der Waals surface area contributed by atoms with Crippen LogP contribution >= 0.6 is 22.9 Å². The van der Waals surface area contributed by atoms with Crippen LogP contribution in [0.4, 0.5) is 4.39 Å². The van der Waals surface area contributed by atoms with Gasteiger partial charge in [0.05, 0.1) is 22.6 Å². The summed E-state index contributed by atoms with van der Waals surface area (Å²) in [5.41, 5.74) is 5.03. The largest absolute Gasteiger partial charge is 0.507 e. The Bertz CT molecular complexity index is 743. The molecule has 1 aromatic carbocycles. The fraction of sp³-hybridized carbons (Fsp3) is 0.308. The van der Waals surface area contributed by atoms with Crippen LogP contribution in [0.25, 0.3) is 10.1 Å². The van der Waals surface area contributed by atoms with E-state index in [0.717, 1.165) is 17.4 Å². The minimum Gasteiger partial charge on any atom is -0.507 e. The molecule has 1 fully saturated rings. The van der Waals surface area contributed by atoms with Gasteiger partial charge in [-0.05, 0) is 6.07 Å². The van der Waals surface area contributed by atoms with Crippen molar-refractivity contribution in [1.29, 1.82) is 0 Å². The summed E-state index contributed by atoms with van der Waals surface area (Å²) in [7, 11) is 0. The summed E-state index contributed by atoms with van der Waals surface area (Å²) >= 11 is 7.16. The van der Waals surface area contributed by atoms with E-state index in [4.69, 9.17) is 22.4 Å². The molecule has 5 nitrogen and oxygen atoms in total. The molecule has 112 valence electrons. The number of amides is 1. The normalized spacial score (nSPS) is 17.0. The van der Waals surface area contributed by atoms with Crippen molar-refractivity contribution in [2.45, 2.75) is 5.54 Å². The molecule has 1 aromatic heterocycles. The average molecular weight is 331 g/mol. The molecule has 2 aromatic rings. The number of hydrogen-bond acceptors (Lipinski definition) is 5. The van der Waals surface area contributed by atoms with E-state index in [2.05, 4.69) is 0 Å². The molecular formula is C13H12ClFN2O3S. The maximum absolute atomic E-state index is 13.3. The van der Waals surface area contributed by atoms with Gasteiger partial charge in [-0.2, -0.15) is 0 Å². The van der Waals surface area contributed by atoms with E-state index in [1.165, 1.54) is 11.0 Å². The topological polar surface area (TPSA) is 86.8 Å². The maximum Gasteiger partial charge on any atom is 0.265 e. The number of hydrogen-bond donors (Lipinski definition) is 3. The molecule has 0 saturated carbocycles. The Labute approximate surface area is 128 Å². The molecule has 4 N–H and O–H groups in total. The molecule has 0 atom stereocenters. The number of nitrogens with zero attached hydrogens (tertiary/aromatic N) is 1. The lowest BCUT2D eigenvalue weighted by Gasteiger charge is -2.46. The fourth-order valence-electron chi connectivity index (χ4n) is 2.38. The van der Waals surface area contributed by atoms with Crippen molar-refractivity contribution < 1.29 is 19.4 Å². The molecule has 21 heavy (non-hydrogen) atoms. The molecule has 1 aliphatic rings. The van der Waals surface area contributed by atoms with Gasteiger partial charge in [0, 0.05) is 23.9 Å². The van der Waals surface area contributed by atoms with Crippen molar-refractivity contribution in [1.82, 2.24) is 4.90 Å². The van der Waals surface area contributed by atoms with E-state index in [-0.39, 0.29) is 46.6 Å². The summed E-state index contributed by atoms with van der Waals surface area (Å²) in [6, 6.07) is 2.18. The van der Waals surface area contributed by atoms with Gasteiger partial charge in [-0.15, -0.1) is 11.3 Å². The first-order valence-electron chi connectivity index (χ1n) is 6.14. The van der Waals surface area contributed by atoms with Crippen LogP contribution in [0.5, 0.6) is 5.75 Å². The number of carbonyl (C=O) groups is 1. The number of thiophene rings is 1. The van der Waals surface area contributed by atoms with Gasteiger partial charge in [-0.3, -0.25) is 4.79 Å². The lowest BCUT2D eigenvalue weighted by Crippen LogP contribution is -2.70. The summed E-state index contributed by atoms with van der Waals surface area (Å²) in [6.45, 7) is 0.253. The summed E-state index contributed by atoms with van der Waals surface area (Å²) in [5.74, 6) is -1.23. The lowest BCUT2D eigenvalue weighted by molar-refractivity contribution is 0.0223. The SMILES string of the molecule is NC1(CO)CN(C(=O)c2sc3cc(F)cc(O)c3c2Cl)C1. The van der Waals surface area contributed by atoms with Gasteiger partial charge < -0.3 is 20.8 Å². The Balaban J connectivity index is 1.97. The molecule has 3 rings (SSSR count). The van der Waals surface area contributed by atoms with Gasteiger partial charge in [0.2, 0.25) is 0 Å². The Morgan fingerprint density at radius 3 is 2.81 bits per heavy atom. The fourth-order valence-corrected chi connectivity index (χ4v) is 3.94. The van der Waals surface area contributed by atoms with Crippen molar-refractivity contribution in [2.75, 3.05) is 19.7 Å². The number of aliphatic hydroxyl groups is 1. The van der Waals surface area contributed by atoms with Crippen molar-refractivity contribution in [3.8, 4) is 5.75 Å². The quantitative estimate of drug-likeness (QED) is 0.779. The summed E-state index contributed by atoms with van der Waals surface area (Å²) in [5, 5.41) is 19.2. The van der Waals surface area contributed by atoms with E-state index in [1.807, 2.05) is 0 Å². The number of fused-ring (bicyclic) bond motifs is 1. The molecule has 0 radical (unpaired) electrons. The van der Waals surface area contributed by atoms with Crippen LogP contribution < -0.4 is 5.73 Å². The second kappa shape index (κ2) is 4.81. The number of carbonyl (C=O) groups excluding carboxylic acids is 1. The van der Waals surface area contributed by atoms with Crippen LogP contribution in [0.1, 0.15) is 9.67 Å². The first kappa shape index (κ1) is 14.5. The molecule has 0 bridgehead atoms. The van der Waals surface area contributed by atoms with Crippen LogP contribution in [0.2, 0.25) is 5.02 Å². The predicted octanol–water partition coefficient (Wildman–Crippen LogP) is 1.55. The van der Waals surface area contributed by atoms with Crippen LogP contribution in [0.15, 0.2) is 12.1 Å². The number of rotatable bonds is 2. The third-order valence-corrected chi connectivity index (χ3v) is 5.10. The first-order valence-corrected chi connectivity index (χ1v) is 7.33. The number of aromatic hydroxyl groups is 1. The van der Waals surface area contributed by atoms with Crippen LogP contribution in [-0.2, 0) is 0 Å². The molecule has 1 aliphatic heterocycles. The highest BCUT2D eigenvalue weighted by Crippen LogP contribution is 2.42. The van der Waals surface area contributed by atoms with Crippen LogP contribution in [0, 0.1) is 5.82 Å². The Kier molecular flexibility index (Phi) is 3.32. The highest BCUT2D eigenvalue weighted by atomic mass is 35.5. The van der Waals surface area contributed by atoms with Gasteiger partial charge in [0.1, 0.15) is 16.4 Å². The highest BCUT2D eigenvalue weighted by molar-refractivity contribution is 7.21. The van der Waals surface area contributed by atoms with Crippen molar-refractivity contribution in [3.05, 3.63) is 27.8 Å². The molecule has 0 unspecified atom stereocenters. The second-order valence-corrected chi connectivity index (χ2v) is 6.66. The zero-order valence-corrected chi connectivity index (χ0v) is 12.3. The summed E-state index contributed by atoms with van der Waals surface area (Å²) < 4.78 is 13.7. The number of halogens is 2. The standard InChI is InChI=1S/C13H12ClFN2O3S/c14-10-9-7(19)1-6(15)2-8(9)21-11(10)12(20)17-3-13(16,4-17)5-18/h1-2,18-19H,3-5,16H2. The Morgan fingerprint density at radius 2 is 2.19 bits per heavy atom. The number of nitrogens with two attached hydrogens (primary N) is 1. The van der Waals surface area contributed by atoms with Crippen molar-refractivity contribution >= 4 is 38.9 Å². The van der Waals surface area contributed by atoms with Gasteiger partial charge in [0.25, 0.3) is 5.91 Å². The van der Waals surface area contributed by atoms with Crippen molar-refractivity contribution in [3.63, 3.8) is 0 Å². The first-order chi connectivity index (χ1) is 9.84. The zero-order chi connectivity index (χ0) is 15.4. The Hall–Kier alpha value is -1.41. The van der Waals surface area contributed by atoms with Crippen molar-refractivity contribution in [2.24, 2.45) is 5.73 Å². The van der Waals surface area contributed by atoms with E-state index in [9.17, 15) is 14.3 Å². The second-order valence-electron chi connectivity index (χ2n) is 5.22. The van der Waals surface area contributed by atoms with Crippen LogP contribution in [0.3, 0.4) is 0 Å².